The number of carboxylic acids is 1. The number of aromatic nitrogens is 2. The molecule has 1 aromatic heterocycles. The van der Waals surface area contributed by atoms with Gasteiger partial charge in [0.15, 0.2) is 5.69 Å². The van der Waals surface area contributed by atoms with Gasteiger partial charge < -0.3 is 9.84 Å². The molecule has 2 heterocycles. The molecule has 120 valence electrons. The molecule has 23 heavy (non-hydrogen) atoms. The van der Waals surface area contributed by atoms with E-state index in [1.165, 1.54) is 11.6 Å². The Hall–Kier alpha value is -2.31. The quantitative estimate of drug-likeness (QED) is 0.933. The maximum atomic E-state index is 10.8. The van der Waals surface area contributed by atoms with Gasteiger partial charge in [0.05, 0.1) is 18.9 Å². The highest BCUT2D eigenvalue weighted by molar-refractivity contribution is 5.85. The molecule has 0 aliphatic carbocycles. The van der Waals surface area contributed by atoms with Gasteiger partial charge in [0, 0.05) is 24.7 Å². The smallest absolute Gasteiger partial charge is 0.356 e. The first-order valence-electron chi connectivity index (χ1n) is 7.64. The molecule has 3 rings (SSSR count). The minimum absolute atomic E-state index is 0.0497. The Morgan fingerprint density at radius 1 is 1.13 bits per heavy atom. The lowest BCUT2D eigenvalue weighted by Gasteiger charge is -2.32. The van der Waals surface area contributed by atoms with Gasteiger partial charge in [0.2, 0.25) is 0 Å². The Bertz CT molecular complexity index is 664. The number of carboxylic acid groups (broad SMARTS) is 1. The van der Waals surface area contributed by atoms with E-state index in [0.29, 0.717) is 11.7 Å². The molecule has 1 aromatic carbocycles. The fourth-order valence-corrected chi connectivity index (χ4v) is 2.71. The van der Waals surface area contributed by atoms with Crippen molar-refractivity contribution in [2.24, 2.45) is 0 Å². The highest BCUT2D eigenvalue weighted by Crippen LogP contribution is 2.24. The predicted octanol–water partition coefficient (Wildman–Crippen LogP) is 2.24. The fraction of sp³-hybridized carbons (Fsp3) is 0.353. The van der Waals surface area contributed by atoms with Gasteiger partial charge >= 0.3 is 5.97 Å². The molecule has 0 amide bonds. The van der Waals surface area contributed by atoms with Crippen molar-refractivity contribution < 1.29 is 14.6 Å². The molecule has 2 aromatic rings. The van der Waals surface area contributed by atoms with E-state index < -0.39 is 5.97 Å². The van der Waals surface area contributed by atoms with Crippen LogP contribution in [0.15, 0.2) is 36.4 Å². The Morgan fingerprint density at radius 3 is 2.39 bits per heavy atom. The normalized spacial score (nSPS) is 16.9. The van der Waals surface area contributed by atoms with Gasteiger partial charge in [0.25, 0.3) is 0 Å². The summed E-state index contributed by atoms with van der Waals surface area (Å²) in [6.07, 6.45) is 0. The number of morpholine rings is 1. The summed E-state index contributed by atoms with van der Waals surface area (Å²) in [5.74, 6) is -1.07. The van der Waals surface area contributed by atoms with E-state index in [0.717, 1.165) is 31.9 Å². The zero-order valence-corrected chi connectivity index (χ0v) is 13.0. The number of benzene rings is 1. The average molecular weight is 313 g/mol. The third-order valence-corrected chi connectivity index (χ3v) is 4.17. The maximum absolute atomic E-state index is 10.8. The molecule has 1 aliphatic rings. The Kier molecular flexibility index (Phi) is 4.64. The molecule has 1 saturated heterocycles. The second-order valence-electron chi connectivity index (χ2n) is 5.56. The van der Waals surface area contributed by atoms with E-state index in [1.54, 1.807) is 6.07 Å². The van der Waals surface area contributed by atoms with Crippen LogP contribution < -0.4 is 0 Å². The van der Waals surface area contributed by atoms with Crippen molar-refractivity contribution in [3.63, 3.8) is 0 Å². The van der Waals surface area contributed by atoms with Crippen molar-refractivity contribution in [1.82, 2.24) is 15.1 Å². The van der Waals surface area contributed by atoms with E-state index in [4.69, 9.17) is 9.84 Å². The topological polar surface area (TPSA) is 75.5 Å². The van der Waals surface area contributed by atoms with Crippen LogP contribution in [-0.2, 0) is 4.74 Å². The Balaban J connectivity index is 1.74. The number of ether oxygens (including phenoxy) is 1. The number of nitrogens with zero attached hydrogens (tertiary/aromatic N) is 3. The first-order chi connectivity index (χ1) is 11.1. The minimum Gasteiger partial charge on any atom is -0.476 e. The molecule has 1 N–H and O–H groups in total. The van der Waals surface area contributed by atoms with Crippen LogP contribution in [-0.4, -0.2) is 52.5 Å². The van der Waals surface area contributed by atoms with Crippen molar-refractivity contribution in [3.8, 4) is 11.3 Å². The number of carbonyl (C=O) groups is 1. The third-order valence-electron chi connectivity index (χ3n) is 4.17. The van der Waals surface area contributed by atoms with Crippen LogP contribution in [0.25, 0.3) is 11.3 Å². The van der Waals surface area contributed by atoms with E-state index in [9.17, 15) is 4.79 Å². The molecule has 1 fully saturated rings. The van der Waals surface area contributed by atoms with Crippen LogP contribution in [0.1, 0.15) is 29.0 Å². The van der Waals surface area contributed by atoms with Crippen molar-refractivity contribution in [3.05, 3.63) is 47.7 Å². The number of aromatic carboxylic acids is 1. The average Bonchev–Trinajstić information content (AvgIpc) is 2.62. The summed E-state index contributed by atoms with van der Waals surface area (Å²) in [6, 6.07) is 11.7. The molecule has 1 atom stereocenters. The second-order valence-corrected chi connectivity index (χ2v) is 5.56. The van der Waals surface area contributed by atoms with Gasteiger partial charge in [-0.25, -0.2) is 4.79 Å². The maximum Gasteiger partial charge on any atom is 0.356 e. The van der Waals surface area contributed by atoms with Gasteiger partial charge in [-0.2, -0.15) is 0 Å². The van der Waals surface area contributed by atoms with E-state index in [1.807, 2.05) is 12.1 Å². The molecule has 0 unspecified atom stereocenters. The number of rotatable bonds is 4. The van der Waals surface area contributed by atoms with Crippen LogP contribution >= 0.6 is 0 Å². The highest BCUT2D eigenvalue weighted by atomic mass is 16.5. The molecule has 0 radical (unpaired) electrons. The number of hydrogen-bond donors (Lipinski definition) is 1. The van der Waals surface area contributed by atoms with Crippen LogP contribution in [0.4, 0.5) is 0 Å². The Labute approximate surface area is 134 Å². The summed E-state index contributed by atoms with van der Waals surface area (Å²) in [5, 5.41) is 16.5. The monoisotopic (exact) mass is 313 g/mol. The van der Waals surface area contributed by atoms with Gasteiger partial charge in [0.1, 0.15) is 0 Å². The van der Waals surface area contributed by atoms with Crippen molar-refractivity contribution >= 4 is 5.97 Å². The summed E-state index contributed by atoms with van der Waals surface area (Å²) in [4.78, 5) is 13.2. The van der Waals surface area contributed by atoms with E-state index in [-0.39, 0.29) is 5.69 Å². The zero-order chi connectivity index (χ0) is 16.2. The zero-order valence-electron chi connectivity index (χ0n) is 13.0. The van der Waals surface area contributed by atoms with E-state index in [2.05, 4.69) is 34.2 Å². The molecular weight excluding hydrogens is 294 g/mol. The molecule has 0 bridgehead atoms. The predicted molar refractivity (Wildman–Crippen MR) is 85.2 cm³/mol. The standard InChI is InChI=1S/C17H19N3O3/c1-12(20-8-10-23-11-9-20)13-2-4-14(5-3-13)15-6-7-16(17(21)22)19-18-15/h2-7,12H,8-11H2,1H3,(H,21,22)/t12-/m0/s1. The summed E-state index contributed by atoms with van der Waals surface area (Å²) >= 11 is 0. The SMILES string of the molecule is C[C@@H](c1ccc(-c2ccc(C(=O)O)nn2)cc1)N1CCOCC1. The molecular formula is C17H19N3O3. The third kappa shape index (κ3) is 3.55. The lowest BCUT2D eigenvalue weighted by Crippen LogP contribution is -2.37. The molecule has 0 saturated carbocycles. The summed E-state index contributed by atoms with van der Waals surface area (Å²) in [7, 11) is 0. The number of hydrogen-bond acceptors (Lipinski definition) is 5. The first-order valence-corrected chi connectivity index (χ1v) is 7.64. The van der Waals surface area contributed by atoms with Crippen LogP contribution in [0.5, 0.6) is 0 Å². The van der Waals surface area contributed by atoms with E-state index >= 15 is 0 Å². The molecule has 0 spiro atoms. The van der Waals surface area contributed by atoms with Gasteiger partial charge in [-0.1, -0.05) is 24.3 Å². The largest absolute Gasteiger partial charge is 0.476 e. The molecule has 6 nitrogen and oxygen atoms in total. The highest BCUT2D eigenvalue weighted by Gasteiger charge is 2.18. The van der Waals surface area contributed by atoms with Crippen molar-refractivity contribution in [1.29, 1.82) is 0 Å². The summed E-state index contributed by atoms with van der Waals surface area (Å²) < 4.78 is 5.39. The summed E-state index contributed by atoms with van der Waals surface area (Å²) in [6.45, 7) is 5.67. The second kappa shape index (κ2) is 6.85. The molecule has 6 heteroatoms. The fourth-order valence-electron chi connectivity index (χ4n) is 2.71. The van der Waals surface area contributed by atoms with Gasteiger partial charge in [-0.15, -0.1) is 10.2 Å². The lowest BCUT2D eigenvalue weighted by atomic mass is 10.0. The van der Waals surface area contributed by atoms with Crippen LogP contribution in [0.3, 0.4) is 0 Å². The lowest BCUT2D eigenvalue weighted by molar-refractivity contribution is 0.0198. The van der Waals surface area contributed by atoms with Gasteiger partial charge in [-0.05, 0) is 24.6 Å². The van der Waals surface area contributed by atoms with Crippen molar-refractivity contribution in [2.45, 2.75) is 13.0 Å². The minimum atomic E-state index is -1.07. The van der Waals surface area contributed by atoms with Crippen LogP contribution in [0.2, 0.25) is 0 Å². The Morgan fingerprint density at radius 2 is 1.83 bits per heavy atom. The summed E-state index contributed by atoms with van der Waals surface area (Å²) in [5.41, 5.74) is 2.78. The van der Waals surface area contributed by atoms with Gasteiger partial charge in [-0.3, -0.25) is 4.90 Å². The first kappa shape index (κ1) is 15.6. The van der Waals surface area contributed by atoms with Crippen molar-refractivity contribution in [2.75, 3.05) is 26.3 Å². The van der Waals surface area contributed by atoms with Crippen LogP contribution in [0, 0.1) is 0 Å². The molecule has 1 aliphatic heterocycles.